The predicted molar refractivity (Wildman–Crippen MR) is 102 cm³/mol. The van der Waals surface area contributed by atoms with Crippen molar-refractivity contribution in [2.75, 3.05) is 19.8 Å². The number of ether oxygens (including phenoxy) is 2. The molecule has 1 aliphatic heterocycles. The summed E-state index contributed by atoms with van der Waals surface area (Å²) >= 11 is 0. The van der Waals surface area contributed by atoms with Crippen LogP contribution in [0.4, 0.5) is 4.79 Å². The van der Waals surface area contributed by atoms with E-state index in [4.69, 9.17) is 19.6 Å². The lowest BCUT2D eigenvalue weighted by atomic mass is 9.79. The molecule has 0 saturated carbocycles. The fourth-order valence-electron chi connectivity index (χ4n) is 3.04. The number of nitrogens with zero attached hydrogens (tertiary/aromatic N) is 1. The Morgan fingerprint density at radius 1 is 1.19 bits per heavy atom. The highest BCUT2D eigenvalue weighted by atomic mass is 28.3. The van der Waals surface area contributed by atoms with E-state index in [1.54, 1.807) is 4.90 Å². The van der Waals surface area contributed by atoms with Crippen LogP contribution in [-0.2, 0) is 18.7 Å². The first-order valence-electron chi connectivity index (χ1n) is 9.02. The topological polar surface area (TPSA) is 91.1 Å². The molecule has 1 saturated heterocycles. The first kappa shape index (κ1) is 22.9. The van der Waals surface area contributed by atoms with E-state index >= 15 is 0 Å². The highest BCUT2D eigenvalue weighted by molar-refractivity contribution is 6.48. The maximum Gasteiger partial charge on any atom is 0.412 e. The van der Waals surface area contributed by atoms with Gasteiger partial charge in [0.25, 0.3) is 0 Å². The second-order valence-electron chi connectivity index (χ2n) is 9.27. The van der Waals surface area contributed by atoms with E-state index in [9.17, 15) is 9.59 Å². The summed E-state index contributed by atoms with van der Waals surface area (Å²) in [5.41, 5.74) is 3.64. The van der Waals surface area contributed by atoms with Crippen LogP contribution in [0.5, 0.6) is 0 Å². The summed E-state index contributed by atoms with van der Waals surface area (Å²) in [6.07, 6.45) is 0.208. The van der Waals surface area contributed by atoms with Gasteiger partial charge >= 0.3 is 6.09 Å². The fraction of sp³-hybridized carbons (Fsp3) is 0.889. The van der Waals surface area contributed by atoms with Crippen molar-refractivity contribution in [3.63, 3.8) is 0 Å². The predicted octanol–water partition coefficient (Wildman–Crippen LogP) is 2.76. The molecule has 0 bridgehead atoms. The quantitative estimate of drug-likeness (QED) is 0.708. The maximum atomic E-state index is 12.9. The summed E-state index contributed by atoms with van der Waals surface area (Å²) in [4.78, 5) is 25.6. The zero-order valence-corrected chi connectivity index (χ0v) is 18.5. The molecule has 1 aliphatic rings. The number of primary amides is 1. The third-order valence-electron chi connectivity index (χ3n) is 4.26. The summed E-state index contributed by atoms with van der Waals surface area (Å²) in [5.74, 6) is -0.332. The summed E-state index contributed by atoms with van der Waals surface area (Å²) in [6.45, 7) is 16.4. The van der Waals surface area contributed by atoms with Gasteiger partial charge in [-0.3, -0.25) is 9.69 Å². The number of likely N-dealkylation sites (tertiary alicyclic amines) is 1. The van der Waals surface area contributed by atoms with E-state index in [0.717, 1.165) is 0 Å². The van der Waals surface area contributed by atoms with Gasteiger partial charge in [-0.05, 0) is 45.2 Å². The molecule has 1 radical (unpaired) electrons. The van der Waals surface area contributed by atoms with Crippen LogP contribution in [0.2, 0.25) is 13.1 Å². The van der Waals surface area contributed by atoms with Crippen LogP contribution in [0.15, 0.2) is 0 Å². The van der Waals surface area contributed by atoms with Crippen molar-refractivity contribution in [3.05, 3.63) is 0 Å². The molecular weight excluding hydrogens is 352 g/mol. The first-order chi connectivity index (χ1) is 11.7. The van der Waals surface area contributed by atoms with Gasteiger partial charge in [0.15, 0.2) is 5.72 Å². The summed E-state index contributed by atoms with van der Waals surface area (Å²) in [7, 11) is -1.15. The zero-order chi connectivity index (χ0) is 20.3. The average Bonchev–Trinajstić information content (AvgIpc) is 2.74. The molecule has 0 aromatic carbocycles. The molecule has 0 unspecified atom stereocenters. The van der Waals surface area contributed by atoms with Crippen molar-refractivity contribution in [1.82, 2.24) is 4.90 Å². The molecule has 7 nitrogen and oxygen atoms in total. The van der Waals surface area contributed by atoms with Gasteiger partial charge < -0.3 is 19.6 Å². The van der Waals surface area contributed by atoms with Gasteiger partial charge in [-0.15, -0.1) is 0 Å². The second-order valence-corrected chi connectivity index (χ2v) is 11.3. The van der Waals surface area contributed by atoms with Crippen LogP contribution < -0.4 is 5.73 Å². The number of amides is 2. The van der Waals surface area contributed by atoms with Gasteiger partial charge in [-0.25, -0.2) is 4.79 Å². The van der Waals surface area contributed by atoms with Crippen LogP contribution in [0.25, 0.3) is 0 Å². The Hall–Kier alpha value is -1.12. The van der Waals surface area contributed by atoms with Crippen LogP contribution >= 0.6 is 0 Å². The Morgan fingerprint density at radius 3 is 2.19 bits per heavy atom. The van der Waals surface area contributed by atoms with Crippen molar-refractivity contribution in [2.45, 2.75) is 72.4 Å². The lowest BCUT2D eigenvalue weighted by Gasteiger charge is -2.40. The molecule has 2 N–H and O–H groups in total. The minimum Gasteiger partial charge on any atom is -0.444 e. The normalized spacial score (nSPS) is 24.2. The lowest BCUT2D eigenvalue weighted by Crippen LogP contribution is -2.55. The number of hydrogen-bond acceptors (Lipinski definition) is 5. The van der Waals surface area contributed by atoms with Gasteiger partial charge in [-0.1, -0.05) is 20.8 Å². The lowest BCUT2D eigenvalue weighted by molar-refractivity contribution is -0.133. The molecule has 151 valence electrons. The Labute approximate surface area is 159 Å². The summed E-state index contributed by atoms with van der Waals surface area (Å²) in [5, 5.41) is 0. The van der Waals surface area contributed by atoms with E-state index in [0.29, 0.717) is 13.0 Å². The molecular formula is C18H35N2O5Si. The van der Waals surface area contributed by atoms with Crippen molar-refractivity contribution in [3.8, 4) is 0 Å². The van der Waals surface area contributed by atoms with Gasteiger partial charge in [0.2, 0.25) is 14.9 Å². The zero-order valence-electron chi connectivity index (χ0n) is 17.5. The van der Waals surface area contributed by atoms with Gasteiger partial charge in [0.1, 0.15) is 12.2 Å². The standard InChI is InChI=1S/C18H35N2O5Si/c1-16(2,3)13-9-18(25-26(7)8,12-23-11-14(19)21)20(10-13)15(22)24-17(4,5)6/h13H,9-12H2,1-8H3,(H2,19,21)/t13-,18-/m0/s1. The van der Waals surface area contributed by atoms with Crippen molar-refractivity contribution in [2.24, 2.45) is 17.1 Å². The molecule has 0 aromatic heterocycles. The van der Waals surface area contributed by atoms with E-state index in [-0.39, 0.29) is 24.5 Å². The molecule has 26 heavy (non-hydrogen) atoms. The molecule has 8 heteroatoms. The molecule has 0 aromatic rings. The third kappa shape index (κ3) is 6.55. The molecule has 2 atom stereocenters. The van der Waals surface area contributed by atoms with E-state index in [2.05, 4.69) is 20.8 Å². The minimum absolute atomic E-state index is 0.0105. The highest BCUT2D eigenvalue weighted by Gasteiger charge is 2.53. The average molecular weight is 388 g/mol. The molecule has 1 rings (SSSR count). The maximum absolute atomic E-state index is 12.9. The molecule has 2 amide bonds. The number of carbonyl (C=O) groups is 2. The minimum atomic E-state index is -1.15. The molecule has 0 aliphatic carbocycles. The van der Waals surface area contributed by atoms with Crippen LogP contribution in [0.3, 0.4) is 0 Å². The van der Waals surface area contributed by atoms with E-state index in [1.165, 1.54) is 0 Å². The summed E-state index contributed by atoms with van der Waals surface area (Å²) in [6, 6.07) is 0. The van der Waals surface area contributed by atoms with Crippen molar-refractivity contribution >= 4 is 21.0 Å². The SMILES string of the molecule is C[Si](C)O[C@]1(COCC(N)=O)C[C@H](C(C)(C)C)CN1C(=O)OC(C)(C)C. The van der Waals surface area contributed by atoms with Crippen molar-refractivity contribution < 1.29 is 23.5 Å². The van der Waals surface area contributed by atoms with Gasteiger partial charge in [0.05, 0.1) is 6.61 Å². The third-order valence-corrected chi connectivity index (χ3v) is 5.05. The number of rotatable bonds is 6. The Balaban J connectivity index is 3.17. The highest BCUT2D eigenvalue weighted by Crippen LogP contribution is 2.44. The number of nitrogens with two attached hydrogens (primary N) is 1. The molecule has 1 fully saturated rings. The molecule has 0 spiro atoms. The van der Waals surface area contributed by atoms with E-state index in [1.807, 2.05) is 33.9 Å². The van der Waals surface area contributed by atoms with Gasteiger partial charge in [0, 0.05) is 13.0 Å². The Kier molecular flexibility index (Phi) is 7.29. The van der Waals surface area contributed by atoms with Gasteiger partial charge in [-0.2, -0.15) is 0 Å². The van der Waals surface area contributed by atoms with Crippen LogP contribution in [-0.4, -0.2) is 57.0 Å². The first-order valence-corrected chi connectivity index (χ1v) is 11.4. The van der Waals surface area contributed by atoms with Crippen molar-refractivity contribution in [1.29, 1.82) is 0 Å². The Morgan fingerprint density at radius 2 is 1.77 bits per heavy atom. The monoisotopic (exact) mass is 387 g/mol. The fourth-order valence-corrected chi connectivity index (χ4v) is 4.05. The number of carbonyl (C=O) groups excluding carboxylic acids is 2. The van der Waals surface area contributed by atoms with E-state index < -0.39 is 32.4 Å². The van der Waals surface area contributed by atoms with Crippen LogP contribution in [0.1, 0.15) is 48.0 Å². The Bertz CT molecular complexity index is 513. The summed E-state index contributed by atoms with van der Waals surface area (Å²) < 4.78 is 17.4. The number of hydrogen-bond donors (Lipinski definition) is 1. The smallest absolute Gasteiger partial charge is 0.412 e. The second kappa shape index (κ2) is 8.27. The van der Waals surface area contributed by atoms with Crippen LogP contribution in [0, 0.1) is 11.3 Å². The largest absolute Gasteiger partial charge is 0.444 e. The molecule has 1 heterocycles.